The Morgan fingerprint density at radius 3 is 2.52 bits per heavy atom. The summed E-state index contributed by atoms with van der Waals surface area (Å²) >= 11 is 0. The number of ether oxygens (including phenoxy) is 1. The molecule has 0 aliphatic heterocycles. The SMILES string of the molecule is CCC(C)(C)c1ccc(OCCCC(=O)NN=Cc2cccnc2)c(C(C)(C)CC)c1. The molecule has 0 fully saturated rings. The Kier molecular flexibility index (Phi) is 8.78. The fraction of sp³-hybridized carbons (Fsp3) is 0.500. The van der Waals surface area contributed by atoms with Crippen molar-refractivity contribution in [3.8, 4) is 5.75 Å². The van der Waals surface area contributed by atoms with Crippen molar-refractivity contribution in [1.82, 2.24) is 10.4 Å². The Labute approximate surface area is 187 Å². The number of nitrogens with one attached hydrogen (secondary N) is 1. The Morgan fingerprint density at radius 2 is 1.87 bits per heavy atom. The van der Waals surface area contributed by atoms with Gasteiger partial charge >= 0.3 is 0 Å². The van der Waals surface area contributed by atoms with Crippen LogP contribution in [-0.4, -0.2) is 23.7 Å². The molecule has 2 rings (SSSR count). The van der Waals surface area contributed by atoms with Gasteiger partial charge < -0.3 is 4.74 Å². The lowest BCUT2D eigenvalue weighted by Crippen LogP contribution is -2.21. The van der Waals surface area contributed by atoms with E-state index >= 15 is 0 Å². The molecule has 1 heterocycles. The number of aromatic nitrogens is 1. The van der Waals surface area contributed by atoms with E-state index in [2.05, 4.69) is 75.3 Å². The van der Waals surface area contributed by atoms with E-state index in [1.165, 1.54) is 11.1 Å². The Bertz CT molecular complexity index is 873. The molecule has 1 aromatic heterocycles. The number of hydrogen-bond acceptors (Lipinski definition) is 4. The number of hydrazone groups is 1. The van der Waals surface area contributed by atoms with E-state index in [0.29, 0.717) is 19.4 Å². The van der Waals surface area contributed by atoms with E-state index < -0.39 is 0 Å². The molecule has 0 saturated heterocycles. The highest BCUT2D eigenvalue weighted by Gasteiger charge is 2.26. The zero-order valence-corrected chi connectivity index (χ0v) is 19.9. The monoisotopic (exact) mass is 423 g/mol. The zero-order chi connectivity index (χ0) is 22.9. The molecule has 0 atom stereocenters. The van der Waals surface area contributed by atoms with Gasteiger partial charge in [-0.3, -0.25) is 9.78 Å². The van der Waals surface area contributed by atoms with Gasteiger partial charge in [0.05, 0.1) is 12.8 Å². The maximum atomic E-state index is 12.0. The summed E-state index contributed by atoms with van der Waals surface area (Å²) < 4.78 is 6.12. The third-order valence-corrected chi connectivity index (χ3v) is 6.15. The van der Waals surface area contributed by atoms with Crippen LogP contribution in [0.1, 0.15) is 83.9 Å². The fourth-order valence-corrected chi connectivity index (χ4v) is 3.10. The number of nitrogens with zero attached hydrogens (tertiary/aromatic N) is 2. The Hall–Kier alpha value is -2.69. The largest absolute Gasteiger partial charge is 0.493 e. The lowest BCUT2D eigenvalue weighted by molar-refractivity contribution is -0.121. The van der Waals surface area contributed by atoms with Crippen LogP contribution in [0, 0.1) is 0 Å². The van der Waals surface area contributed by atoms with Crippen molar-refractivity contribution >= 4 is 12.1 Å². The number of carbonyl (C=O) groups is 1. The quantitative estimate of drug-likeness (QED) is 0.284. The van der Waals surface area contributed by atoms with Crippen LogP contribution in [0.15, 0.2) is 47.8 Å². The van der Waals surface area contributed by atoms with Crippen LogP contribution < -0.4 is 10.2 Å². The van der Waals surface area contributed by atoms with Crippen LogP contribution in [-0.2, 0) is 15.6 Å². The summed E-state index contributed by atoms with van der Waals surface area (Å²) in [7, 11) is 0. The van der Waals surface area contributed by atoms with Gasteiger partial charge in [0, 0.05) is 29.9 Å². The molecular weight excluding hydrogens is 386 g/mol. The van der Waals surface area contributed by atoms with Crippen LogP contribution >= 0.6 is 0 Å². The molecule has 5 heteroatoms. The number of hydrogen-bond donors (Lipinski definition) is 1. The molecule has 0 radical (unpaired) electrons. The number of pyridine rings is 1. The van der Waals surface area contributed by atoms with E-state index in [9.17, 15) is 4.79 Å². The molecule has 2 aromatic rings. The van der Waals surface area contributed by atoms with Gasteiger partial charge in [0.15, 0.2) is 0 Å². The second kappa shape index (κ2) is 11.1. The molecule has 1 aromatic carbocycles. The van der Waals surface area contributed by atoms with Gasteiger partial charge in [-0.15, -0.1) is 0 Å². The predicted molar refractivity (Wildman–Crippen MR) is 128 cm³/mol. The van der Waals surface area contributed by atoms with E-state index in [-0.39, 0.29) is 16.7 Å². The summed E-state index contributed by atoms with van der Waals surface area (Å²) in [5, 5.41) is 3.97. The van der Waals surface area contributed by atoms with E-state index in [1.54, 1.807) is 18.6 Å². The predicted octanol–water partition coefficient (Wildman–Crippen LogP) is 5.77. The van der Waals surface area contributed by atoms with Crippen molar-refractivity contribution in [3.63, 3.8) is 0 Å². The number of amides is 1. The third kappa shape index (κ3) is 7.20. The van der Waals surface area contributed by atoms with Gasteiger partial charge in [-0.25, -0.2) is 5.43 Å². The zero-order valence-electron chi connectivity index (χ0n) is 19.9. The smallest absolute Gasteiger partial charge is 0.240 e. The Balaban J connectivity index is 1.93. The first-order valence-corrected chi connectivity index (χ1v) is 11.2. The minimum absolute atomic E-state index is 0.0214. The van der Waals surface area contributed by atoms with Crippen LogP contribution in [0.2, 0.25) is 0 Å². The van der Waals surface area contributed by atoms with Crippen molar-refractivity contribution in [2.45, 2.75) is 78.1 Å². The van der Waals surface area contributed by atoms with Crippen molar-refractivity contribution < 1.29 is 9.53 Å². The van der Waals surface area contributed by atoms with Crippen molar-refractivity contribution in [2.75, 3.05) is 6.61 Å². The fourth-order valence-electron chi connectivity index (χ4n) is 3.10. The maximum absolute atomic E-state index is 12.0. The van der Waals surface area contributed by atoms with Gasteiger partial charge in [-0.05, 0) is 47.8 Å². The summed E-state index contributed by atoms with van der Waals surface area (Å²) in [4.78, 5) is 16.0. The molecule has 0 aliphatic carbocycles. The lowest BCUT2D eigenvalue weighted by atomic mass is 9.76. The van der Waals surface area contributed by atoms with E-state index in [0.717, 1.165) is 24.2 Å². The highest BCUT2D eigenvalue weighted by molar-refractivity contribution is 5.81. The molecule has 0 aliphatic rings. The minimum atomic E-state index is -0.127. The second-order valence-electron chi connectivity index (χ2n) is 9.22. The highest BCUT2D eigenvalue weighted by Crippen LogP contribution is 2.38. The average molecular weight is 424 g/mol. The van der Waals surface area contributed by atoms with Crippen molar-refractivity contribution in [1.29, 1.82) is 0 Å². The van der Waals surface area contributed by atoms with Crippen molar-refractivity contribution in [2.24, 2.45) is 5.10 Å². The first kappa shape index (κ1) is 24.6. The molecule has 0 spiro atoms. The second-order valence-corrected chi connectivity index (χ2v) is 9.22. The van der Waals surface area contributed by atoms with Crippen molar-refractivity contribution in [3.05, 3.63) is 59.4 Å². The summed E-state index contributed by atoms with van der Waals surface area (Å²) in [5.41, 5.74) is 6.12. The molecule has 5 nitrogen and oxygen atoms in total. The van der Waals surface area contributed by atoms with Crippen LogP contribution in [0.25, 0.3) is 0 Å². The number of carbonyl (C=O) groups excluding carboxylic acids is 1. The molecule has 0 bridgehead atoms. The van der Waals surface area contributed by atoms with E-state index in [4.69, 9.17) is 4.74 Å². The highest BCUT2D eigenvalue weighted by atomic mass is 16.5. The molecule has 0 saturated carbocycles. The lowest BCUT2D eigenvalue weighted by Gasteiger charge is -2.30. The molecule has 31 heavy (non-hydrogen) atoms. The van der Waals surface area contributed by atoms with Crippen LogP contribution in [0.4, 0.5) is 0 Å². The number of benzene rings is 1. The summed E-state index contributed by atoms with van der Waals surface area (Å²) in [6.45, 7) is 14.0. The molecule has 1 amide bonds. The number of rotatable bonds is 11. The standard InChI is InChI=1S/C26H37N3O2/c1-7-25(3,4)21-13-14-23(22(17-21)26(5,6)8-2)31-16-10-12-24(30)29-28-19-20-11-9-15-27-18-20/h9,11,13-15,17-19H,7-8,10,12,16H2,1-6H3,(H,29,30). The minimum Gasteiger partial charge on any atom is -0.493 e. The Morgan fingerprint density at radius 1 is 1.13 bits per heavy atom. The summed E-state index contributed by atoms with van der Waals surface area (Å²) in [5.74, 6) is 0.787. The van der Waals surface area contributed by atoms with Gasteiger partial charge in [0.25, 0.3) is 0 Å². The maximum Gasteiger partial charge on any atom is 0.240 e. The van der Waals surface area contributed by atoms with Crippen LogP contribution in [0.5, 0.6) is 5.75 Å². The topological polar surface area (TPSA) is 63.6 Å². The normalized spacial score (nSPS) is 12.2. The van der Waals surface area contributed by atoms with E-state index in [1.807, 2.05) is 12.1 Å². The first-order chi connectivity index (χ1) is 14.7. The molecule has 168 valence electrons. The molecular formula is C26H37N3O2. The average Bonchev–Trinajstić information content (AvgIpc) is 2.77. The van der Waals surface area contributed by atoms with Gasteiger partial charge in [-0.1, -0.05) is 59.7 Å². The molecule has 0 unspecified atom stereocenters. The van der Waals surface area contributed by atoms with Crippen LogP contribution in [0.3, 0.4) is 0 Å². The van der Waals surface area contributed by atoms with Gasteiger partial charge in [0.1, 0.15) is 5.75 Å². The third-order valence-electron chi connectivity index (χ3n) is 6.15. The summed E-state index contributed by atoms with van der Waals surface area (Å²) in [6.07, 6.45) is 8.06. The summed E-state index contributed by atoms with van der Waals surface area (Å²) in [6, 6.07) is 10.3. The van der Waals surface area contributed by atoms with Gasteiger partial charge in [0.2, 0.25) is 5.91 Å². The van der Waals surface area contributed by atoms with Gasteiger partial charge in [-0.2, -0.15) is 5.10 Å². The first-order valence-electron chi connectivity index (χ1n) is 11.2. The molecule has 1 N–H and O–H groups in total.